The molecule has 2 unspecified atom stereocenters. The summed E-state index contributed by atoms with van der Waals surface area (Å²) in [6.45, 7) is 4.71. The lowest BCUT2D eigenvalue weighted by Crippen LogP contribution is -2.17. The lowest BCUT2D eigenvalue weighted by Gasteiger charge is -2.09. The van der Waals surface area contributed by atoms with E-state index in [1.807, 2.05) is 6.07 Å². The van der Waals surface area contributed by atoms with E-state index in [4.69, 9.17) is 9.47 Å². The molecule has 3 heteroatoms. The third-order valence-electron chi connectivity index (χ3n) is 3.49. The van der Waals surface area contributed by atoms with Gasteiger partial charge in [-0.3, -0.25) is 0 Å². The van der Waals surface area contributed by atoms with Crippen molar-refractivity contribution in [3.05, 3.63) is 23.8 Å². The Balaban J connectivity index is 1.66. The normalized spacial score (nSPS) is 26.4. The van der Waals surface area contributed by atoms with Gasteiger partial charge in [-0.1, -0.05) is 13.0 Å². The monoisotopic (exact) mass is 233 g/mol. The Labute approximate surface area is 102 Å². The minimum Gasteiger partial charge on any atom is -0.490 e. The largest absolute Gasteiger partial charge is 0.490 e. The fourth-order valence-electron chi connectivity index (χ4n) is 2.17. The minimum atomic E-state index is 0.714. The predicted molar refractivity (Wildman–Crippen MR) is 66.5 cm³/mol. The summed E-state index contributed by atoms with van der Waals surface area (Å²) in [4.78, 5) is 0. The first-order valence-corrected chi connectivity index (χ1v) is 6.45. The van der Waals surface area contributed by atoms with Crippen LogP contribution in [0, 0.1) is 5.92 Å². The minimum absolute atomic E-state index is 0.714. The van der Waals surface area contributed by atoms with E-state index in [1.165, 1.54) is 12.0 Å². The molecule has 1 aliphatic heterocycles. The van der Waals surface area contributed by atoms with Gasteiger partial charge in [-0.2, -0.15) is 0 Å². The van der Waals surface area contributed by atoms with Crippen molar-refractivity contribution in [2.45, 2.75) is 32.4 Å². The van der Waals surface area contributed by atoms with Crippen LogP contribution < -0.4 is 14.8 Å². The zero-order valence-electron chi connectivity index (χ0n) is 10.2. The molecule has 0 aromatic heterocycles. The van der Waals surface area contributed by atoms with Crippen molar-refractivity contribution in [1.82, 2.24) is 5.32 Å². The number of rotatable bonds is 3. The van der Waals surface area contributed by atoms with Gasteiger partial charge in [-0.05, 0) is 30.0 Å². The number of nitrogens with one attached hydrogen (secondary N) is 1. The van der Waals surface area contributed by atoms with Crippen LogP contribution in [0.4, 0.5) is 0 Å². The average Bonchev–Trinajstić information content (AvgIpc) is 3.08. The Morgan fingerprint density at radius 2 is 2.00 bits per heavy atom. The summed E-state index contributed by atoms with van der Waals surface area (Å²) in [5.41, 5.74) is 1.27. The van der Waals surface area contributed by atoms with Crippen molar-refractivity contribution < 1.29 is 9.47 Å². The molecule has 3 nitrogen and oxygen atoms in total. The second-order valence-corrected chi connectivity index (χ2v) is 5.03. The van der Waals surface area contributed by atoms with Crippen LogP contribution in [-0.2, 0) is 6.54 Å². The first-order valence-electron chi connectivity index (χ1n) is 6.45. The topological polar surface area (TPSA) is 30.5 Å². The number of ether oxygens (including phenoxy) is 2. The second-order valence-electron chi connectivity index (χ2n) is 5.03. The third-order valence-corrected chi connectivity index (χ3v) is 3.49. The zero-order chi connectivity index (χ0) is 11.7. The first kappa shape index (κ1) is 10.9. The van der Waals surface area contributed by atoms with Crippen molar-refractivity contribution in [1.29, 1.82) is 0 Å². The summed E-state index contributed by atoms with van der Waals surface area (Å²) in [7, 11) is 0. The van der Waals surface area contributed by atoms with E-state index < -0.39 is 0 Å². The molecule has 1 aromatic carbocycles. The van der Waals surface area contributed by atoms with Gasteiger partial charge in [-0.25, -0.2) is 0 Å². The van der Waals surface area contributed by atoms with Gasteiger partial charge in [0.2, 0.25) is 0 Å². The molecule has 1 saturated carbocycles. The Kier molecular flexibility index (Phi) is 2.93. The van der Waals surface area contributed by atoms with Gasteiger partial charge in [0.15, 0.2) is 11.5 Å². The molecular formula is C14H19NO2. The van der Waals surface area contributed by atoms with Crippen LogP contribution in [0.1, 0.15) is 25.3 Å². The first-order chi connectivity index (χ1) is 8.33. The zero-order valence-corrected chi connectivity index (χ0v) is 10.2. The Bertz CT molecular complexity index is 405. The summed E-state index contributed by atoms with van der Waals surface area (Å²) >= 11 is 0. The molecule has 92 valence electrons. The molecule has 0 amide bonds. The molecule has 0 bridgehead atoms. The molecule has 1 aliphatic carbocycles. The molecule has 17 heavy (non-hydrogen) atoms. The van der Waals surface area contributed by atoms with E-state index in [9.17, 15) is 0 Å². The Morgan fingerprint density at radius 1 is 1.24 bits per heavy atom. The highest BCUT2D eigenvalue weighted by molar-refractivity contribution is 5.43. The summed E-state index contributed by atoms with van der Waals surface area (Å²) in [6.07, 6.45) is 2.27. The molecule has 1 N–H and O–H groups in total. The van der Waals surface area contributed by atoms with E-state index in [1.54, 1.807) is 0 Å². The highest BCUT2D eigenvalue weighted by Crippen LogP contribution is 2.32. The van der Waals surface area contributed by atoms with Crippen molar-refractivity contribution in [2.24, 2.45) is 5.92 Å². The van der Waals surface area contributed by atoms with Crippen molar-refractivity contribution in [3.63, 3.8) is 0 Å². The standard InChI is InChI=1S/C14H19NO2/c1-10-7-12(10)15-9-11-3-4-13-14(8-11)17-6-2-5-16-13/h3-4,8,10,12,15H,2,5-7,9H2,1H3. The van der Waals surface area contributed by atoms with Crippen molar-refractivity contribution in [3.8, 4) is 11.5 Å². The molecule has 3 rings (SSSR count). The summed E-state index contributed by atoms with van der Waals surface area (Å²) in [6, 6.07) is 6.95. The van der Waals surface area contributed by atoms with E-state index in [0.29, 0.717) is 6.04 Å². The second kappa shape index (κ2) is 4.57. The molecule has 1 heterocycles. The summed E-state index contributed by atoms with van der Waals surface area (Å²) < 4.78 is 11.3. The molecule has 0 spiro atoms. The van der Waals surface area contributed by atoms with Gasteiger partial charge in [-0.15, -0.1) is 0 Å². The van der Waals surface area contributed by atoms with Crippen molar-refractivity contribution >= 4 is 0 Å². The van der Waals surface area contributed by atoms with Crippen LogP contribution in [0.3, 0.4) is 0 Å². The number of hydrogen-bond donors (Lipinski definition) is 1. The highest BCUT2D eigenvalue weighted by Gasteiger charge is 2.31. The van der Waals surface area contributed by atoms with Crippen LogP contribution in [0.2, 0.25) is 0 Å². The van der Waals surface area contributed by atoms with E-state index in [-0.39, 0.29) is 0 Å². The molecule has 2 aliphatic rings. The van der Waals surface area contributed by atoms with Gasteiger partial charge in [0.1, 0.15) is 0 Å². The number of fused-ring (bicyclic) bond motifs is 1. The average molecular weight is 233 g/mol. The van der Waals surface area contributed by atoms with Crippen LogP contribution in [-0.4, -0.2) is 19.3 Å². The Morgan fingerprint density at radius 3 is 2.76 bits per heavy atom. The molecule has 1 aromatic rings. The predicted octanol–water partition coefficient (Wildman–Crippen LogP) is 2.35. The molecule has 0 saturated heterocycles. The van der Waals surface area contributed by atoms with Crippen LogP contribution in [0.5, 0.6) is 11.5 Å². The lowest BCUT2D eigenvalue weighted by atomic mass is 10.2. The molecule has 0 radical (unpaired) electrons. The highest BCUT2D eigenvalue weighted by atomic mass is 16.5. The van der Waals surface area contributed by atoms with Gasteiger partial charge in [0.05, 0.1) is 13.2 Å². The van der Waals surface area contributed by atoms with Crippen molar-refractivity contribution in [2.75, 3.05) is 13.2 Å². The van der Waals surface area contributed by atoms with E-state index in [2.05, 4.69) is 24.4 Å². The quantitative estimate of drug-likeness (QED) is 0.869. The van der Waals surface area contributed by atoms with E-state index in [0.717, 1.165) is 43.6 Å². The van der Waals surface area contributed by atoms with Gasteiger partial charge in [0.25, 0.3) is 0 Å². The third kappa shape index (κ3) is 2.55. The van der Waals surface area contributed by atoms with Crippen LogP contribution in [0.25, 0.3) is 0 Å². The maximum atomic E-state index is 5.68. The smallest absolute Gasteiger partial charge is 0.161 e. The molecule has 1 fully saturated rings. The number of hydrogen-bond acceptors (Lipinski definition) is 3. The summed E-state index contributed by atoms with van der Waals surface area (Å²) in [5, 5.41) is 3.55. The fraction of sp³-hybridized carbons (Fsp3) is 0.571. The van der Waals surface area contributed by atoms with Gasteiger partial charge in [0, 0.05) is 19.0 Å². The van der Waals surface area contributed by atoms with Gasteiger partial charge < -0.3 is 14.8 Å². The van der Waals surface area contributed by atoms with Crippen LogP contribution in [0.15, 0.2) is 18.2 Å². The van der Waals surface area contributed by atoms with Crippen LogP contribution >= 0.6 is 0 Å². The fourth-order valence-corrected chi connectivity index (χ4v) is 2.17. The number of benzene rings is 1. The maximum absolute atomic E-state index is 5.68. The SMILES string of the molecule is CC1CC1NCc1ccc2c(c1)OCCCO2. The lowest BCUT2D eigenvalue weighted by molar-refractivity contribution is 0.297. The van der Waals surface area contributed by atoms with E-state index >= 15 is 0 Å². The van der Waals surface area contributed by atoms with Gasteiger partial charge >= 0.3 is 0 Å². The summed E-state index contributed by atoms with van der Waals surface area (Å²) in [5.74, 6) is 2.62. The maximum Gasteiger partial charge on any atom is 0.161 e. The molecular weight excluding hydrogens is 214 g/mol. The molecule has 2 atom stereocenters. The Hall–Kier alpha value is -1.22.